The molecule has 3 aromatic rings. The molecule has 10 nitrogen and oxygen atoms in total. The SMILES string of the molecule is CN(C)c1ccc(C(=O)NC2CCCN(c3cnc(C(N)=O)c(Nc4ccc(C5CCN(C6CCCC6)CC5)cc4)n3)C2)cc1. The topological polar surface area (TPSA) is 120 Å². The average Bonchev–Trinajstić information content (AvgIpc) is 3.61. The summed E-state index contributed by atoms with van der Waals surface area (Å²) in [5.74, 6) is 0.830. The fraction of sp³-hybridized carbons (Fsp3) is 0.486. The van der Waals surface area contributed by atoms with Gasteiger partial charge >= 0.3 is 0 Å². The second-order valence-electron chi connectivity index (χ2n) is 13.0. The summed E-state index contributed by atoms with van der Waals surface area (Å²) in [6.07, 6.45) is 11.3. The quantitative estimate of drug-likeness (QED) is 0.313. The Morgan fingerprint density at radius 2 is 1.60 bits per heavy atom. The van der Waals surface area contributed by atoms with Gasteiger partial charge < -0.3 is 31.1 Å². The second-order valence-corrected chi connectivity index (χ2v) is 13.0. The van der Waals surface area contributed by atoms with E-state index in [1.807, 2.05) is 43.3 Å². The van der Waals surface area contributed by atoms with Crippen LogP contribution in [0, 0.1) is 0 Å². The Bertz CT molecular complexity index is 1460. The summed E-state index contributed by atoms with van der Waals surface area (Å²) in [4.78, 5) is 41.2. The number of aromatic nitrogens is 2. The number of likely N-dealkylation sites (tertiary alicyclic amines) is 1. The number of hydrogen-bond donors (Lipinski definition) is 3. The van der Waals surface area contributed by atoms with Crippen LogP contribution in [0.25, 0.3) is 0 Å². The van der Waals surface area contributed by atoms with Gasteiger partial charge in [-0.15, -0.1) is 0 Å². The van der Waals surface area contributed by atoms with Gasteiger partial charge in [0.05, 0.1) is 6.20 Å². The van der Waals surface area contributed by atoms with E-state index in [4.69, 9.17) is 10.7 Å². The number of hydrogen-bond acceptors (Lipinski definition) is 8. The molecular weight excluding hydrogens is 564 g/mol. The number of nitrogens with two attached hydrogens (primary N) is 1. The van der Waals surface area contributed by atoms with Gasteiger partial charge in [0.25, 0.3) is 11.8 Å². The molecular formula is C35H46N8O2. The first-order valence-corrected chi connectivity index (χ1v) is 16.4. The number of nitrogens with one attached hydrogen (secondary N) is 2. The third-order valence-electron chi connectivity index (χ3n) is 9.74. The molecule has 1 saturated carbocycles. The molecule has 3 aliphatic rings. The van der Waals surface area contributed by atoms with Gasteiger partial charge in [0.15, 0.2) is 11.5 Å². The van der Waals surface area contributed by atoms with E-state index in [9.17, 15) is 9.59 Å². The Morgan fingerprint density at radius 3 is 2.27 bits per heavy atom. The van der Waals surface area contributed by atoms with E-state index in [2.05, 4.69) is 49.7 Å². The normalized spacial score (nSPS) is 19.8. The van der Waals surface area contributed by atoms with Crippen molar-refractivity contribution in [3.8, 4) is 0 Å². The highest BCUT2D eigenvalue weighted by Gasteiger charge is 2.28. The van der Waals surface area contributed by atoms with Crippen molar-refractivity contribution < 1.29 is 9.59 Å². The molecule has 4 N–H and O–H groups in total. The van der Waals surface area contributed by atoms with E-state index >= 15 is 0 Å². The van der Waals surface area contributed by atoms with Crippen LogP contribution < -0.4 is 26.2 Å². The van der Waals surface area contributed by atoms with Gasteiger partial charge in [-0.1, -0.05) is 25.0 Å². The summed E-state index contributed by atoms with van der Waals surface area (Å²) in [5.41, 5.74) is 9.66. The molecule has 1 atom stereocenters. The van der Waals surface area contributed by atoms with Crippen LogP contribution in [0.15, 0.2) is 54.7 Å². The lowest BCUT2D eigenvalue weighted by Gasteiger charge is -2.36. The number of amides is 2. The summed E-state index contributed by atoms with van der Waals surface area (Å²) in [5, 5.41) is 6.48. The zero-order valence-electron chi connectivity index (χ0n) is 26.5. The molecule has 2 saturated heterocycles. The highest BCUT2D eigenvalue weighted by Crippen LogP contribution is 2.33. The summed E-state index contributed by atoms with van der Waals surface area (Å²) in [6, 6.07) is 16.8. The highest BCUT2D eigenvalue weighted by molar-refractivity contribution is 5.96. The maximum Gasteiger partial charge on any atom is 0.271 e. The van der Waals surface area contributed by atoms with Crippen LogP contribution in [0.4, 0.5) is 23.0 Å². The molecule has 238 valence electrons. The lowest BCUT2D eigenvalue weighted by Crippen LogP contribution is -2.48. The number of carbonyl (C=O) groups excluding carboxylic acids is 2. The first-order valence-electron chi connectivity index (χ1n) is 16.4. The third kappa shape index (κ3) is 7.39. The van der Waals surface area contributed by atoms with E-state index in [-0.39, 0.29) is 17.6 Å². The average molecular weight is 611 g/mol. The lowest BCUT2D eigenvalue weighted by molar-refractivity contribution is 0.0932. The first-order chi connectivity index (χ1) is 21.8. The minimum Gasteiger partial charge on any atom is -0.378 e. The highest BCUT2D eigenvalue weighted by atomic mass is 16.2. The largest absolute Gasteiger partial charge is 0.378 e. The first kappa shape index (κ1) is 30.8. The Kier molecular flexibility index (Phi) is 9.49. The fourth-order valence-corrected chi connectivity index (χ4v) is 7.13. The van der Waals surface area contributed by atoms with Crippen molar-refractivity contribution in [2.75, 3.05) is 55.4 Å². The van der Waals surface area contributed by atoms with Gasteiger partial charge in [-0.2, -0.15) is 0 Å². The van der Waals surface area contributed by atoms with Crippen molar-refractivity contribution in [2.45, 2.75) is 69.4 Å². The van der Waals surface area contributed by atoms with E-state index in [0.29, 0.717) is 29.7 Å². The third-order valence-corrected chi connectivity index (χ3v) is 9.74. The van der Waals surface area contributed by atoms with Crippen molar-refractivity contribution in [3.05, 3.63) is 71.5 Å². The number of carbonyl (C=O) groups is 2. The lowest BCUT2D eigenvalue weighted by atomic mass is 9.88. The molecule has 3 fully saturated rings. The molecule has 10 heteroatoms. The smallest absolute Gasteiger partial charge is 0.271 e. The maximum absolute atomic E-state index is 13.0. The minimum atomic E-state index is -0.633. The van der Waals surface area contributed by atoms with Gasteiger partial charge in [-0.25, -0.2) is 9.97 Å². The van der Waals surface area contributed by atoms with Crippen LogP contribution in [-0.4, -0.2) is 79.0 Å². The van der Waals surface area contributed by atoms with Crippen molar-refractivity contribution in [3.63, 3.8) is 0 Å². The maximum atomic E-state index is 13.0. The standard InChI is InChI=1S/C35H46N8O2/c1-41(2)29-15-11-26(12-16-29)35(45)39-28-6-5-19-43(23-28)31-22-37-32(33(36)44)34(40-31)38-27-13-9-24(10-14-27)25-17-20-42(21-18-25)30-7-3-4-8-30/h9-16,22,25,28,30H,3-8,17-21,23H2,1-2H3,(H2,36,44)(H,38,40)(H,39,45). The number of anilines is 4. The predicted molar refractivity (Wildman–Crippen MR) is 180 cm³/mol. The molecule has 3 heterocycles. The monoisotopic (exact) mass is 610 g/mol. The van der Waals surface area contributed by atoms with E-state index in [1.54, 1.807) is 6.20 Å². The van der Waals surface area contributed by atoms with Gasteiger partial charge in [0, 0.05) is 56.2 Å². The molecule has 2 aliphatic heterocycles. The zero-order valence-corrected chi connectivity index (χ0v) is 26.5. The fourth-order valence-electron chi connectivity index (χ4n) is 7.13. The van der Waals surface area contributed by atoms with Crippen molar-refractivity contribution in [1.29, 1.82) is 0 Å². The summed E-state index contributed by atoms with van der Waals surface area (Å²) >= 11 is 0. The Balaban J connectivity index is 1.09. The zero-order chi connectivity index (χ0) is 31.3. The van der Waals surface area contributed by atoms with Crippen molar-refractivity contribution in [1.82, 2.24) is 20.2 Å². The van der Waals surface area contributed by atoms with Gasteiger partial charge in [0.1, 0.15) is 5.82 Å². The molecule has 1 aromatic heterocycles. The van der Waals surface area contributed by atoms with Crippen molar-refractivity contribution >= 4 is 34.8 Å². The molecule has 2 amide bonds. The van der Waals surface area contributed by atoms with Crippen LogP contribution in [0.1, 0.15) is 83.7 Å². The molecule has 0 spiro atoms. The van der Waals surface area contributed by atoms with Crippen LogP contribution in [0.2, 0.25) is 0 Å². The molecule has 6 rings (SSSR count). The van der Waals surface area contributed by atoms with Gasteiger partial charge in [-0.3, -0.25) is 9.59 Å². The van der Waals surface area contributed by atoms with Gasteiger partial charge in [-0.05, 0) is 99.5 Å². The predicted octanol–water partition coefficient (Wildman–Crippen LogP) is 4.91. The van der Waals surface area contributed by atoms with Crippen LogP contribution in [-0.2, 0) is 0 Å². The van der Waals surface area contributed by atoms with Gasteiger partial charge in [0.2, 0.25) is 0 Å². The molecule has 1 unspecified atom stereocenters. The summed E-state index contributed by atoms with van der Waals surface area (Å²) in [6.45, 7) is 3.75. The van der Waals surface area contributed by atoms with Crippen LogP contribution >= 0.6 is 0 Å². The Hall–Kier alpha value is -4.18. The van der Waals surface area contributed by atoms with Crippen molar-refractivity contribution in [2.24, 2.45) is 5.73 Å². The number of benzene rings is 2. The summed E-state index contributed by atoms with van der Waals surface area (Å²) < 4.78 is 0. The molecule has 1 aliphatic carbocycles. The molecule has 45 heavy (non-hydrogen) atoms. The Morgan fingerprint density at radius 1 is 0.889 bits per heavy atom. The Labute approximate surface area is 266 Å². The minimum absolute atomic E-state index is 0.0358. The van der Waals surface area contributed by atoms with Crippen LogP contribution in [0.3, 0.4) is 0 Å². The molecule has 2 aromatic carbocycles. The number of nitrogens with zero attached hydrogens (tertiary/aromatic N) is 5. The second kappa shape index (κ2) is 13.9. The van der Waals surface area contributed by atoms with E-state index in [0.717, 1.165) is 36.8 Å². The van der Waals surface area contributed by atoms with E-state index < -0.39 is 5.91 Å². The number of primary amides is 1. The van der Waals surface area contributed by atoms with Crippen LogP contribution in [0.5, 0.6) is 0 Å². The molecule has 0 radical (unpaired) electrons. The van der Waals surface area contributed by atoms with E-state index in [1.165, 1.54) is 57.2 Å². The summed E-state index contributed by atoms with van der Waals surface area (Å²) in [7, 11) is 3.95. The number of piperidine rings is 2. The molecule has 0 bridgehead atoms. The number of rotatable bonds is 9.